The third-order valence-corrected chi connectivity index (χ3v) is 12.2. The van der Waals surface area contributed by atoms with E-state index in [1.807, 2.05) is 39.8 Å². The smallest absolute Gasteiger partial charge is 0.465 e. The van der Waals surface area contributed by atoms with Crippen LogP contribution in [0.1, 0.15) is 59.6 Å². The molecule has 0 bridgehead atoms. The van der Waals surface area contributed by atoms with Crippen LogP contribution in [0.4, 0.5) is 10.5 Å². The van der Waals surface area contributed by atoms with Crippen molar-refractivity contribution in [1.82, 2.24) is 0 Å². The highest BCUT2D eigenvalue weighted by Gasteiger charge is 2.52. The van der Waals surface area contributed by atoms with Gasteiger partial charge in [0.1, 0.15) is 0 Å². The van der Waals surface area contributed by atoms with Gasteiger partial charge in [0.2, 0.25) is 0 Å². The third-order valence-electron chi connectivity index (χ3n) is 7.68. The minimum atomic E-state index is -1.88. The normalized spacial score (nSPS) is 20.3. The molecule has 31 heavy (non-hydrogen) atoms. The summed E-state index contributed by atoms with van der Waals surface area (Å²) in [6, 6.07) is 3.87. The summed E-state index contributed by atoms with van der Waals surface area (Å²) in [5.41, 5.74) is 3.09. The van der Waals surface area contributed by atoms with Crippen molar-refractivity contribution in [2.45, 2.75) is 90.6 Å². The maximum absolute atomic E-state index is 11.7. The van der Waals surface area contributed by atoms with E-state index in [0.29, 0.717) is 26.0 Å². The lowest BCUT2D eigenvalue weighted by Crippen LogP contribution is -2.42. The fourth-order valence-corrected chi connectivity index (χ4v) is 4.93. The molecule has 1 fully saturated rings. The molecule has 0 radical (unpaired) electrons. The molecule has 172 valence electrons. The minimum absolute atomic E-state index is 0.139. The summed E-state index contributed by atoms with van der Waals surface area (Å²) in [7, 11) is -2.35. The second kappa shape index (κ2) is 7.90. The second-order valence-corrected chi connectivity index (χ2v) is 16.1. The van der Waals surface area contributed by atoms with Crippen LogP contribution in [0.25, 0.3) is 0 Å². The quantitative estimate of drug-likeness (QED) is 0.669. The van der Waals surface area contributed by atoms with E-state index in [1.165, 1.54) is 4.90 Å². The summed E-state index contributed by atoms with van der Waals surface area (Å²) in [5, 5.41) is 9.74. The van der Waals surface area contributed by atoms with Crippen molar-refractivity contribution in [3.05, 3.63) is 23.3 Å². The number of amides is 1. The highest BCUT2D eigenvalue weighted by molar-refractivity contribution is 6.74. The number of nitrogens with zero attached hydrogens (tertiary/aromatic N) is 1. The van der Waals surface area contributed by atoms with Crippen molar-refractivity contribution in [1.29, 1.82) is 0 Å². The fourth-order valence-electron chi connectivity index (χ4n) is 3.88. The Balaban J connectivity index is 1.94. The van der Waals surface area contributed by atoms with E-state index in [0.717, 1.165) is 22.3 Å². The molecular weight excluding hydrogens is 409 g/mol. The van der Waals surface area contributed by atoms with Crippen LogP contribution >= 0.6 is 0 Å². The average Bonchev–Trinajstić information content (AvgIpc) is 3.12. The van der Waals surface area contributed by atoms with Gasteiger partial charge < -0.3 is 18.8 Å². The molecule has 0 atom stereocenters. The van der Waals surface area contributed by atoms with Crippen molar-refractivity contribution in [3.63, 3.8) is 0 Å². The van der Waals surface area contributed by atoms with Crippen LogP contribution in [0, 0.1) is 0 Å². The summed E-state index contributed by atoms with van der Waals surface area (Å²) in [5.74, 6) is 0. The van der Waals surface area contributed by atoms with Crippen LogP contribution < -0.4 is 10.4 Å². The predicted molar refractivity (Wildman–Crippen MR) is 128 cm³/mol. The van der Waals surface area contributed by atoms with Crippen molar-refractivity contribution < 1.29 is 23.6 Å². The van der Waals surface area contributed by atoms with Crippen molar-refractivity contribution >= 4 is 32.7 Å². The van der Waals surface area contributed by atoms with Gasteiger partial charge in [-0.1, -0.05) is 26.8 Å². The number of rotatable bonds is 5. The largest absolute Gasteiger partial charge is 0.495 e. The van der Waals surface area contributed by atoms with E-state index in [9.17, 15) is 9.90 Å². The first kappa shape index (κ1) is 24.3. The van der Waals surface area contributed by atoms with Gasteiger partial charge in [0.15, 0.2) is 8.32 Å². The zero-order valence-electron chi connectivity index (χ0n) is 20.6. The summed E-state index contributed by atoms with van der Waals surface area (Å²) in [6.45, 7) is 20.5. The van der Waals surface area contributed by atoms with E-state index in [-0.39, 0.29) is 5.04 Å². The molecule has 0 aliphatic carbocycles. The third kappa shape index (κ3) is 4.45. The lowest BCUT2D eigenvalue weighted by molar-refractivity contribution is 0.00578. The van der Waals surface area contributed by atoms with Gasteiger partial charge >= 0.3 is 13.2 Å². The number of hydrogen-bond donors (Lipinski definition) is 1. The lowest BCUT2D eigenvalue weighted by atomic mass is 9.73. The first-order chi connectivity index (χ1) is 14.1. The molecule has 1 aromatic rings. The zero-order valence-corrected chi connectivity index (χ0v) is 21.6. The average molecular weight is 447 g/mol. The molecule has 0 spiro atoms. The lowest BCUT2D eigenvalue weighted by Gasteiger charge is -2.36. The fraction of sp³-hybridized carbons (Fsp3) is 0.696. The van der Waals surface area contributed by atoms with Gasteiger partial charge in [-0.25, -0.2) is 4.79 Å². The van der Waals surface area contributed by atoms with E-state index in [2.05, 4.69) is 33.9 Å². The van der Waals surface area contributed by atoms with Crippen LogP contribution in [-0.2, 0) is 26.6 Å². The van der Waals surface area contributed by atoms with Crippen molar-refractivity contribution in [2.75, 3.05) is 18.1 Å². The molecule has 2 heterocycles. The van der Waals surface area contributed by atoms with Gasteiger partial charge in [-0.2, -0.15) is 0 Å². The molecule has 0 unspecified atom stereocenters. The topological polar surface area (TPSA) is 68.2 Å². The van der Waals surface area contributed by atoms with Gasteiger partial charge in [0.05, 0.1) is 16.9 Å². The SMILES string of the molecule is CC1(C)OB(c2ccc3c(c2CCO[Si](C)(C)C(C)(C)C)CCN3C(=O)O)OC1(C)C. The van der Waals surface area contributed by atoms with Gasteiger partial charge in [-0.3, -0.25) is 4.90 Å². The Bertz CT molecular complexity index is 846. The number of carbonyl (C=O) groups is 1. The Morgan fingerprint density at radius 2 is 1.77 bits per heavy atom. The summed E-state index contributed by atoms with van der Waals surface area (Å²) >= 11 is 0. The Kier molecular flexibility index (Phi) is 6.19. The first-order valence-electron chi connectivity index (χ1n) is 11.2. The summed E-state index contributed by atoms with van der Waals surface area (Å²) in [4.78, 5) is 13.1. The molecule has 6 nitrogen and oxygen atoms in total. The van der Waals surface area contributed by atoms with Gasteiger partial charge in [0.25, 0.3) is 0 Å². The molecule has 8 heteroatoms. The molecule has 2 aliphatic heterocycles. The van der Waals surface area contributed by atoms with Crippen LogP contribution in [-0.4, -0.2) is 51.0 Å². The summed E-state index contributed by atoms with van der Waals surface area (Å²) in [6.07, 6.45) is 0.498. The standard InChI is InChI=1S/C23H38BNO5Si/c1-21(2,3)31(8,9)28-15-13-16-17-12-14-25(20(26)27)19(17)11-10-18(16)24-29-22(4,5)23(6,7)30-24/h10-11H,12-15H2,1-9H3,(H,26,27). The predicted octanol–water partition coefficient (Wildman–Crippen LogP) is 4.59. The van der Waals surface area contributed by atoms with Crippen LogP contribution in [0.15, 0.2) is 12.1 Å². The Labute approximate surface area is 188 Å². The molecule has 3 rings (SSSR count). The van der Waals surface area contributed by atoms with Crippen LogP contribution in [0.5, 0.6) is 0 Å². The Morgan fingerprint density at radius 1 is 1.19 bits per heavy atom. The van der Waals surface area contributed by atoms with Gasteiger partial charge in [-0.05, 0) is 81.3 Å². The highest BCUT2D eigenvalue weighted by atomic mass is 28.4. The molecule has 1 N–H and O–H groups in total. The highest BCUT2D eigenvalue weighted by Crippen LogP contribution is 2.39. The molecule has 0 aromatic heterocycles. The summed E-state index contributed by atoms with van der Waals surface area (Å²) < 4.78 is 19.1. The molecule has 2 aliphatic rings. The van der Waals surface area contributed by atoms with E-state index < -0.39 is 32.7 Å². The number of carboxylic acid groups (broad SMARTS) is 1. The molecule has 1 amide bonds. The number of hydrogen-bond acceptors (Lipinski definition) is 4. The molecule has 1 saturated heterocycles. The number of anilines is 1. The number of benzene rings is 1. The van der Waals surface area contributed by atoms with E-state index in [1.54, 1.807) is 0 Å². The van der Waals surface area contributed by atoms with Crippen molar-refractivity contribution in [2.24, 2.45) is 0 Å². The maximum Gasteiger partial charge on any atom is 0.495 e. The zero-order chi connectivity index (χ0) is 23.4. The monoisotopic (exact) mass is 447 g/mol. The Hall–Kier alpha value is -1.35. The van der Waals surface area contributed by atoms with Gasteiger partial charge in [0, 0.05) is 13.2 Å². The molecule has 0 saturated carbocycles. The van der Waals surface area contributed by atoms with Gasteiger partial charge in [-0.15, -0.1) is 0 Å². The molecule has 1 aromatic carbocycles. The number of fused-ring (bicyclic) bond motifs is 1. The Morgan fingerprint density at radius 3 is 2.29 bits per heavy atom. The second-order valence-electron chi connectivity index (χ2n) is 11.3. The molecular formula is C23H38BNO5Si. The van der Waals surface area contributed by atoms with Crippen molar-refractivity contribution in [3.8, 4) is 0 Å². The van der Waals surface area contributed by atoms with Crippen LogP contribution in [0.3, 0.4) is 0 Å². The van der Waals surface area contributed by atoms with Crippen LogP contribution in [0.2, 0.25) is 18.1 Å². The van der Waals surface area contributed by atoms with E-state index in [4.69, 9.17) is 13.7 Å². The minimum Gasteiger partial charge on any atom is -0.465 e. The van der Waals surface area contributed by atoms with E-state index >= 15 is 0 Å². The first-order valence-corrected chi connectivity index (χ1v) is 14.1. The maximum atomic E-state index is 11.7.